The molecule has 1 heterocycles. The minimum Gasteiger partial charge on any atom is -0.340 e. The minimum atomic E-state index is 0.761. The number of rotatable bonds is 4. The third kappa shape index (κ3) is 2.98. The lowest BCUT2D eigenvalue weighted by atomic mass is 10.2. The minimum absolute atomic E-state index is 0.761. The Morgan fingerprint density at radius 1 is 1.12 bits per heavy atom. The van der Waals surface area contributed by atoms with Crippen molar-refractivity contribution in [2.45, 2.75) is 13.3 Å². The average molecular weight is 247 g/mol. The van der Waals surface area contributed by atoms with Gasteiger partial charge in [-0.1, -0.05) is 18.5 Å². The van der Waals surface area contributed by atoms with Crippen LogP contribution in [0.25, 0.3) is 0 Å². The fourth-order valence-corrected chi connectivity index (χ4v) is 1.89. The van der Waals surface area contributed by atoms with Crippen molar-refractivity contribution < 1.29 is 0 Å². The van der Waals surface area contributed by atoms with Crippen LogP contribution in [0.2, 0.25) is 5.02 Å². The van der Waals surface area contributed by atoms with E-state index < -0.39 is 0 Å². The van der Waals surface area contributed by atoms with Crippen molar-refractivity contribution in [3.05, 3.63) is 53.8 Å². The first-order valence-corrected chi connectivity index (χ1v) is 6.12. The second kappa shape index (κ2) is 5.69. The zero-order valence-electron chi connectivity index (χ0n) is 9.81. The molecule has 17 heavy (non-hydrogen) atoms. The zero-order valence-corrected chi connectivity index (χ0v) is 10.6. The Labute approximate surface area is 107 Å². The van der Waals surface area contributed by atoms with E-state index in [0.29, 0.717) is 0 Å². The predicted octanol–water partition coefficient (Wildman–Crippen LogP) is 4.28. The molecule has 0 aliphatic carbocycles. The summed E-state index contributed by atoms with van der Waals surface area (Å²) in [6.07, 6.45) is 4.75. The predicted molar refractivity (Wildman–Crippen MR) is 73.0 cm³/mol. The fraction of sp³-hybridized carbons (Fsp3) is 0.214. The highest BCUT2D eigenvalue weighted by atomic mass is 35.5. The van der Waals surface area contributed by atoms with Gasteiger partial charge in [-0.25, -0.2) is 0 Å². The summed E-state index contributed by atoms with van der Waals surface area (Å²) in [5.74, 6) is 0. The van der Waals surface area contributed by atoms with Crippen LogP contribution in [-0.2, 0) is 0 Å². The summed E-state index contributed by atoms with van der Waals surface area (Å²) in [7, 11) is 0. The molecule has 1 aromatic carbocycles. The van der Waals surface area contributed by atoms with Crippen LogP contribution in [-0.4, -0.2) is 11.5 Å². The summed E-state index contributed by atoms with van der Waals surface area (Å²) in [5.41, 5.74) is 2.25. The molecule has 0 unspecified atom stereocenters. The molecule has 0 fully saturated rings. The molecule has 0 aliphatic heterocycles. The first-order chi connectivity index (χ1) is 8.31. The Morgan fingerprint density at radius 3 is 2.47 bits per heavy atom. The van der Waals surface area contributed by atoms with Crippen molar-refractivity contribution in [2.24, 2.45) is 0 Å². The first-order valence-electron chi connectivity index (χ1n) is 5.74. The Hall–Kier alpha value is -1.54. The average Bonchev–Trinajstić information content (AvgIpc) is 2.38. The smallest absolute Gasteiger partial charge is 0.0597 e. The van der Waals surface area contributed by atoms with E-state index in [4.69, 9.17) is 11.6 Å². The molecule has 2 rings (SSSR count). The molecule has 0 bridgehead atoms. The number of benzene rings is 1. The number of pyridine rings is 1. The van der Waals surface area contributed by atoms with Crippen LogP contribution in [0.4, 0.5) is 11.4 Å². The molecule has 3 heteroatoms. The molecule has 0 N–H and O–H groups in total. The topological polar surface area (TPSA) is 16.1 Å². The molecule has 0 amide bonds. The van der Waals surface area contributed by atoms with Crippen molar-refractivity contribution in [1.29, 1.82) is 0 Å². The van der Waals surface area contributed by atoms with Crippen LogP contribution >= 0.6 is 11.6 Å². The summed E-state index contributed by atoms with van der Waals surface area (Å²) >= 11 is 5.91. The molecule has 2 nitrogen and oxygen atoms in total. The van der Waals surface area contributed by atoms with E-state index in [1.54, 1.807) is 6.20 Å². The number of halogens is 1. The van der Waals surface area contributed by atoms with Gasteiger partial charge < -0.3 is 4.90 Å². The zero-order chi connectivity index (χ0) is 12.1. The first kappa shape index (κ1) is 11.9. The highest BCUT2D eigenvalue weighted by Gasteiger charge is 2.07. The molecule has 0 atom stereocenters. The highest BCUT2D eigenvalue weighted by molar-refractivity contribution is 6.30. The van der Waals surface area contributed by atoms with Gasteiger partial charge in [-0.2, -0.15) is 0 Å². The van der Waals surface area contributed by atoms with Gasteiger partial charge in [0.2, 0.25) is 0 Å². The van der Waals surface area contributed by atoms with E-state index in [1.807, 2.05) is 36.5 Å². The molecular weight excluding hydrogens is 232 g/mol. The second-order valence-electron chi connectivity index (χ2n) is 3.84. The van der Waals surface area contributed by atoms with Gasteiger partial charge in [0.1, 0.15) is 0 Å². The molecule has 0 saturated carbocycles. The Balaban J connectivity index is 2.32. The molecule has 2 aromatic rings. The molecule has 88 valence electrons. The maximum atomic E-state index is 5.91. The second-order valence-corrected chi connectivity index (χ2v) is 4.28. The Bertz CT molecular complexity index is 453. The van der Waals surface area contributed by atoms with Gasteiger partial charge in [0.25, 0.3) is 0 Å². The highest BCUT2D eigenvalue weighted by Crippen LogP contribution is 2.25. The van der Waals surface area contributed by atoms with Crippen LogP contribution in [0, 0.1) is 0 Å². The maximum absolute atomic E-state index is 5.91. The number of aromatic nitrogens is 1. The van der Waals surface area contributed by atoms with E-state index in [9.17, 15) is 0 Å². The normalized spacial score (nSPS) is 10.2. The monoisotopic (exact) mass is 246 g/mol. The van der Waals surface area contributed by atoms with Crippen molar-refractivity contribution in [1.82, 2.24) is 4.98 Å². The van der Waals surface area contributed by atoms with Crippen molar-refractivity contribution in [2.75, 3.05) is 11.4 Å². The summed E-state index contributed by atoms with van der Waals surface area (Å²) in [6.45, 7) is 3.13. The van der Waals surface area contributed by atoms with Gasteiger partial charge in [0.15, 0.2) is 0 Å². The lowest BCUT2D eigenvalue weighted by molar-refractivity contribution is 0.883. The summed E-state index contributed by atoms with van der Waals surface area (Å²) in [5, 5.41) is 0.761. The summed E-state index contributed by atoms with van der Waals surface area (Å²) in [6, 6.07) is 11.9. The number of anilines is 2. The SMILES string of the molecule is CCCN(c1ccc(Cl)cc1)c1cccnc1. The Morgan fingerprint density at radius 2 is 1.88 bits per heavy atom. The third-order valence-electron chi connectivity index (χ3n) is 2.54. The van der Waals surface area contributed by atoms with Gasteiger partial charge in [-0.3, -0.25) is 4.98 Å². The largest absolute Gasteiger partial charge is 0.340 e. The fourth-order valence-electron chi connectivity index (χ4n) is 1.77. The van der Waals surface area contributed by atoms with Crippen molar-refractivity contribution in [3.8, 4) is 0 Å². The lowest BCUT2D eigenvalue weighted by Gasteiger charge is -2.24. The summed E-state index contributed by atoms with van der Waals surface area (Å²) in [4.78, 5) is 6.40. The quantitative estimate of drug-likeness (QED) is 0.800. The molecule has 0 saturated heterocycles. The Kier molecular flexibility index (Phi) is 3.99. The van der Waals surface area contributed by atoms with Crippen LogP contribution in [0.5, 0.6) is 0 Å². The van der Waals surface area contributed by atoms with E-state index in [1.165, 1.54) is 0 Å². The molecule has 0 radical (unpaired) electrons. The van der Waals surface area contributed by atoms with E-state index in [0.717, 1.165) is 29.4 Å². The molecule has 1 aromatic heterocycles. The number of hydrogen-bond acceptors (Lipinski definition) is 2. The van der Waals surface area contributed by atoms with Crippen LogP contribution in [0.3, 0.4) is 0 Å². The van der Waals surface area contributed by atoms with Crippen molar-refractivity contribution >= 4 is 23.0 Å². The maximum Gasteiger partial charge on any atom is 0.0597 e. The van der Waals surface area contributed by atoms with E-state index >= 15 is 0 Å². The van der Waals surface area contributed by atoms with Gasteiger partial charge in [0, 0.05) is 23.5 Å². The van der Waals surface area contributed by atoms with Gasteiger partial charge >= 0.3 is 0 Å². The van der Waals surface area contributed by atoms with E-state index in [2.05, 4.69) is 22.9 Å². The van der Waals surface area contributed by atoms with Gasteiger partial charge in [-0.15, -0.1) is 0 Å². The van der Waals surface area contributed by atoms with Crippen LogP contribution < -0.4 is 4.90 Å². The third-order valence-corrected chi connectivity index (χ3v) is 2.80. The van der Waals surface area contributed by atoms with Gasteiger partial charge in [-0.05, 0) is 42.8 Å². The van der Waals surface area contributed by atoms with Gasteiger partial charge in [0.05, 0.1) is 11.9 Å². The molecule has 0 spiro atoms. The molecular formula is C14H15ClN2. The molecule has 0 aliphatic rings. The number of hydrogen-bond donors (Lipinski definition) is 0. The lowest BCUT2D eigenvalue weighted by Crippen LogP contribution is -2.17. The summed E-state index contributed by atoms with van der Waals surface area (Å²) < 4.78 is 0. The van der Waals surface area contributed by atoms with Crippen LogP contribution in [0.15, 0.2) is 48.8 Å². The van der Waals surface area contributed by atoms with Crippen molar-refractivity contribution in [3.63, 3.8) is 0 Å². The number of nitrogens with zero attached hydrogens (tertiary/aromatic N) is 2. The van der Waals surface area contributed by atoms with Crippen LogP contribution in [0.1, 0.15) is 13.3 Å². The van der Waals surface area contributed by atoms with E-state index in [-0.39, 0.29) is 0 Å². The standard InChI is InChI=1S/C14H15ClN2/c1-2-10-17(14-4-3-9-16-11-14)13-7-5-12(15)6-8-13/h3-9,11H,2,10H2,1H3.